The van der Waals surface area contributed by atoms with E-state index in [4.69, 9.17) is 4.74 Å². The summed E-state index contributed by atoms with van der Waals surface area (Å²) in [6.45, 7) is 3.26. The van der Waals surface area contributed by atoms with Crippen LogP contribution in [-0.2, 0) is 14.9 Å². The number of halogens is 1. The third-order valence-electron chi connectivity index (χ3n) is 7.02. The Balaban J connectivity index is 1.83. The van der Waals surface area contributed by atoms with E-state index in [9.17, 15) is 4.79 Å². The Morgan fingerprint density at radius 1 is 1.42 bits per heavy atom. The number of hydrogen-bond donors (Lipinski definition) is 1. The monoisotopic (exact) mass is 414 g/mol. The minimum Gasteiger partial charge on any atom is -0.466 e. The lowest BCUT2D eigenvalue weighted by Gasteiger charge is -2.54. The Labute approximate surface area is 162 Å². The van der Waals surface area contributed by atoms with Gasteiger partial charge < -0.3 is 10.1 Å². The van der Waals surface area contributed by atoms with Gasteiger partial charge in [-0.05, 0) is 30.9 Å². The first-order valence-corrected chi connectivity index (χ1v) is 10.3. The number of nitrogens with one attached hydrogen (secondary N) is 1. The van der Waals surface area contributed by atoms with E-state index in [1.807, 2.05) is 0 Å². The molecule has 3 heterocycles. The van der Waals surface area contributed by atoms with Crippen LogP contribution in [0.1, 0.15) is 31.7 Å². The Hall–Kier alpha value is -1.59. The molecule has 5 heteroatoms. The lowest BCUT2D eigenvalue weighted by Crippen LogP contribution is -2.59. The van der Waals surface area contributed by atoms with Crippen molar-refractivity contribution in [1.82, 2.24) is 4.90 Å². The van der Waals surface area contributed by atoms with Crippen molar-refractivity contribution < 1.29 is 9.53 Å². The molecule has 4 nitrogen and oxygen atoms in total. The van der Waals surface area contributed by atoms with Gasteiger partial charge in [-0.15, -0.1) is 0 Å². The number of fused-ring (bicyclic) bond motifs is 1. The molecule has 26 heavy (non-hydrogen) atoms. The molecule has 0 radical (unpaired) electrons. The van der Waals surface area contributed by atoms with E-state index in [2.05, 4.69) is 69.5 Å². The van der Waals surface area contributed by atoms with Crippen LogP contribution < -0.4 is 5.32 Å². The lowest BCUT2D eigenvalue weighted by molar-refractivity contribution is -0.137. The maximum Gasteiger partial charge on any atom is 0.335 e. The molecule has 4 atom stereocenters. The Kier molecular flexibility index (Phi) is 3.48. The molecule has 4 aliphatic rings. The first-order valence-electron chi connectivity index (χ1n) is 9.35. The van der Waals surface area contributed by atoms with Gasteiger partial charge in [0, 0.05) is 29.4 Å². The van der Waals surface area contributed by atoms with Crippen LogP contribution in [0.15, 0.2) is 47.7 Å². The third kappa shape index (κ3) is 1.81. The highest BCUT2D eigenvalue weighted by Gasteiger charge is 2.66. The van der Waals surface area contributed by atoms with Crippen LogP contribution in [0.2, 0.25) is 0 Å². The van der Waals surface area contributed by atoms with Crippen molar-refractivity contribution in [3.8, 4) is 0 Å². The van der Waals surface area contributed by atoms with Crippen LogP contribution in [-0.4, -0.2) is 35.5 Å². The van der Waals surface area contributed by atoms with Gasteiger partial charge in [0.1, 0.15) is 0 Å². The number of carbonyl (C=O) groups excluding carboxylic acids is 1. The average molecular weight is 415 g/mol. The molecule has 1 N–H and O–H groups in total. The van der Waals surface area contributed by atoms with Crippen LogP contribution in [0.3, 0.4) is 0 Å². The number of rotatable bonds is 2. The maximum atomic E-state index is 12.8. The van der Waals surface area contributed by atoms with E-state index in [1.54, 1.807) is 0 Å². The molecule has 0 amide bonds. The molecule has 1 aromatic carbocycles. The normalized spacial score (nSPS) is 37.0. The summed E-state index contributed by atoms with van der Waals surface area (Å²) in [7, 11) is 1.49. The van der Waals surface area contributed by atoms with Crippen LogP contribution in [0.5, 0.6) is 0 Å². The SMILES string of the molecule is CC[C@]12C=C[C@@H](Br)N3CC[C@]4(C(=C(C(=O)OC)C1)Nc1ccccc14)[C@@H]32. The molecule has 0 saturated carbocycles. The van der Waals surface area contributed by atoms with Gasteiger partial charge in [-0.25, -0.2) is 4.79 Å². The first kappa shape index (κ1) is 16.6. The van der Waals surface area contributed by atoms with Gasteiger partial charge in [0.2, 0.25) is 0 Å². The number of carbonyl (C=O) groups is 1. The van der Waals surface area contributed by atoms with Crippen LogP contribution in [0, 0.1) is 5.41 Å². The smallest absolute Gasteiger partial charge is 0.335 e. The quantitative estimate of drug-likeness (QED) is 0.344. The number of ether oxygens (including phenoxy) is 1. The van der Waals surface area contributed by atoms with Crippen molar-refractivity contribution in [2.75, 3.05) is 19.0 Å². The second-order valence-corrected chi connectivity index (χ2v) is 8.81. The molecule has 136 valence electrons. The number of hydrogen-bond acceptors (Lipinski definition) is 4. The number of methoxy groups -OCH3 is 1. The fraction of sp³-hybridized carbons (Fsp3) is 0.476. The van der Waals surface area contributed by atoms with E-state index in [0.717, 1.165) is 42.8 Å². The summed E-state index contributed by atoms with van der Waals surface area (Å²) in [5.41, 5.74) is 4.16. The largest absolute Gasteiger partial charge is 0.466 e. The predicted octanol–water partition coefficient (Wildman–Crippen LogP) is 3.94. The lowest BCUT2D eigenvalue weighted by atomic mass is 9.55. The maximum absolute atomic E-state index is 12.8. The summed E-state index contributed by atoms with van der Waals surface area (Å²) >= 11 is 3.86. The fourth-order valence-electron chi connectivity index (χ4n) is 5.97. The summed E-state index contributed by atoms with van der Waals surface area (Å²) < 4.78 is 5.21. The summed E-state index contributed by atoms with van der Waals surface area (Å²) in [6.07, 6.45) is 7.37. The zero-order valence-electron chi connectivity index (χ0n) is 15.1. The minimum absolute atomic E-state index is 0.0487. The predicted molar refractivity (Wildman–Crippen MR) is 105 cm³/mol. The summed E-state index contributed by atoms with van der Waals surface area (Å²) in [6, 6.07) is 8.89. The zero-order valence-corrected chi connectivity index (χ0v) is 16.7. The highest BCUT2D eigenvalue weighted by molar-refractivity contribution is 9.09. The van der Waals surface area contributed by atoms with Crippen molar-refractivity contribution in [3.05, 3.63) is 53.3 Å². The molecular formula is C21H23BrN2O2. The highest BCUT2D eigenvalue weighted by atomic mass is 79.9. The van der Waals surface area contributed by atoms with Crippen molar-refractivity contribution in [1.29, 1.82) is 0 Å². The topological polar surface area (TPSA) is 41.6 Å². The van der Waals surface area contributed by atoms with Crippen LogP contribution in [0.25, 0.3) is 0 Å². The molecule has 0 bridgehead atoms. The van der Waals surface area contributed by atoms with Crippen molar-refractivity contribution in [2.24, 2.45) is 5.41 Å². The second kappa shape index (κ2) is 5.46. The van der Waals surface area contributed by atoms with E-state index >= 15 is 0 Å². The first-order chi connectivity index (χ1) is 12.6. The molecule has 3 aliphatic heterocycles. The Bertz CT molecular complexity index is 863. The third-order valence-corrected chi connectivity index (χ3v) is 7.85. The van der Waals surface area contributed by atoms with Gasteiger partial charge in [-0.2, -0.15) is 0 Å². The number of anilines is 1. The highest BCUT2D eigenvalue weighted by Crippen LogP contribution is 2.65. The number of esters is 1. The van der Waals surface area contributed by atoms with Gasteiger partial charge in [-0.1, -0.05) is 53.2 Å². The molecule has 1 fully saturated rings. The van der Waals surface area contributed by atoms with Gasteiger partial charge >= 0.3 is 5.97 Å². The van der Waals surface area contributed by atoms with Gasteiger partial charge in [-0.3, -0.25) is 4.90 Å². The summed E-state index contributed by atoms with van der Waals surface area (Å²) in [5.74, 6) is -0.196. The Morgan fingerprint density at radius 2 is 2.23 bits per heavy atom. The summed E-state index contributed by atoms with van der Waals surface area (Å²) in [4.78, 5) is 15.6. The molecule has 1 aromatic rings. The summed E-state index contributed by atoms with van der Waals surface area (Å²) in [5, 5.41) is 3.62. The molecular weight excluding hydrogens is 392 g/mol. The second-order valence-electron chi connectivity index (χ2n) is 7.87. The average Bonchev–Trinajstić information content (AvgIpc) is 3.24. The number of para-hydroxylation sites is 1. The van der Waals surface area contributed by atoms with Crippen LogP contribution in [0.4, 0.5) is 5.69 Å². The van der Waals surface area contributed by atoms with Crippen molar-refractivity contribution in [3.63, 3.8) is 0 Å². The van der Waals surface area contributed by atoms with Crippen molar-refractivity contribution >= 4 is 27.6 Å². The van der Waals surface area contributed by atoms with Gasteiger partial charge in [0.05, 0.1) is 23.0 Å². The number of nitrogens with zero attached hydrogens (tertiary/aromatic N) is 1. The minimum atomic E-state index is -0.196. The number of benzene rings is 1. The molecule has 1 saturated heterocycles. The van der Waals surface area contributed by atoms with Crippen molar-refractivity contribution in [2.45, 2.75) is 42.6 Å². The van der Waals surface area contributed by atoms with E-state index in [0.29, 0.717) is 6.04 Å². The fourth-order valence-corrected chi connectivity index (χ4v) is 6.56. The van der Waals surface area contributed by atoms with E-state index in [1.165, 1.54) is 12.7 Å². The molecule has 0 aromatic heterocycles. The number of alkyl halides is 1. The molecule has 0 unspecified atom stereocenters. The van der Waals surface area contributed by atoms with E-state index < -0.39 is 0 Å². The van der Waals surface area contributed by atoms with Gasteiger partial charge in [0.25, 0.3) is 0 Å². The standard InChI is InChI=1S/C21H23BrN2O2/c1-3-20-9-8-16(22)24-11-10-21(19(20)24)14-6-4-5-7-15(14)23-17(21)13(12-20)18(25)26-2/h4-9,16,19,23H,3,10-12H2,1-2H3/t16-,19-,20-,21-/m0/s1. The van der Waals surface area contributed by atoms with Gasteiger partial charge in [0.15, 0.2) is 0 Å². The zero-order chi connectivity index (χ0) is 18.1. The van der Waals surface area contributed by atoms with Crippen LogP contribution >= 0.6 is 15.9 Å². The molecule has 5 rings (SSSR count). The molecule has 1 spiro atoms. The Morgan fingerprint density at radius 3 is 3.00 bits per heavy atom. The molecule has 1 aliphatic carbocycles. The van der Waals surface area contributed by atoms with E-state index in [-0.39, 0.29) is 21.8 Å².